The molecule has 1 aliphatic rings. The lowest BCUT2D eigenvalue weighted by Crippen LogP contribution is -2.36. The number of nitrogens with two attached hydrogens (primary N) is 1. The minimum atomic E-state index is -0.482. The van der Waals surface area contributed by atoms with E-state index in [1.54, 1.807) is 37.3 Å². The van der Waals surface area contributed by atoms with Crippen LogP contribution in [0.4, 0.5) is 5.69 Å². The van der Waals surface area contributed by atoms with Crippen molar-refractivity contribution in [2.24, 2.45) is 10.8 Å². The Morgan fingerprint density at radius 2 is 1.79 bits per heavy atom. The van der Waals surface area contributed by atoms with Gasteiger partial charge in [-0.2, -0.15) is 16.9 Å². The molecule has 0 aliphatic carbocycles. The highest BCUT2D eigenvalue weighted by Gasteiger charge is 2.28. The summed E-state index contributed by atoms with van der Waals surface area (Å²) in [6, 6.07) is 25.0. The number of aromatic nitrogens is 2. The summed E-state index contributed by atoms with van der Waals surface area (Å²) in [6.45, 7) is 0.568. The summed E-state index contributed by atoms with van der Waals surface area (Å²) in [4.78, 5) is 8.85. The molecule has 0 saturated heterocycles. The van der Waals surface area contributed by atoms with Crippen LogP contribution in [-0.2, 0) is 0 Å². The first-order valence-corrected chi connectivity index (χ1v) is 15.0. The number of rotatable bonds is 9. The largest absolute Gasteiger partial charge is 0.495 e. The zero-order chi connectivity index (χ0) is 29.1. The fraction of sp³-hybridized carbons (Fsp3) is 0.156. The maximum Gasteiger partial charge on any atom is 0.156 e. The molecule has 5 aromatic rings. The van der Waals surface area contributed by atoms with Crippen molar-refractivity contribution in [2.75, 3.05) is 30.7 Å². The van der Waals surface area contributed by atoms with Crippen molar-refractivity contribution in [2.45, 2.75) is 6.17 Å². The van der Waals surface area contributed by atoms with Gasteiger partial charge in [-0.25, -0.2) is 9.99 Å². The van der Waals surface area contributed by atoms with Gasteiger partial charge in [0.05, 0.1) is 41.9 Å². The number of nitrogens with zero attached hydrogens (tertiary/aromatic N) is 4. The molecule has 2 N–H and O–H groups in total. The molecular formula is C32H28ClN5O3S. The number of fused-ring (bicyclic) bond motifs is 2. The third-order valence-corrected chi connectivity index (χ3v) is 7.72. The molecule has 1 unspecified atom stereocenters. The summed E-state index contributed by atoms with van der Waals surface area (Å²) < 4.78 is 17.4. The van der Waals surface area contributed by atoms with E-state index in [0.29, 0.717) is 45.7 Å². The van der Waals surface area contributed by atoms with Crippen LogP contribution in [0.3, 0.4) is 0 Å². The van der Waals surface area contributed by atoms with Crippen molar-refractivity contribution in [1.82, 2.24) is 9.97 Å². The second-order valence-corrected chi connectivity index (χ2v) is 10.9. The van der Waals surface area contributed by atoms with Crippen molar-refractivity contribution < 1.29 is 14.2 Å². The van der Waals surface area contributed by atoms with Gasteiger partial charge >= 0.3 is 0 Å². The lowest BCUT2D eigenvalue weighted by atomic mass is 9.94. The summed E-state index contributed by atoms with van der Waals surface area (Å²) in [5.74, 6) is 3.37. The van der Waals surface area contributed by atoms with Crippen LogP contribution >= 0.6 is 23.4 Å². The molecule has 0 bridgehead atoms. The summed E-state index contributed by atoms with van der Waals surface area (Å²) in [7, 11) is 1.60. The Morgan fingerprint density at radius 3 is 2.60 bits per heavy atom. The summed E-state index contributed by atoms with van der Waals surface area (Å²) >= 11 is 8.17. The molecule has 42 heavy (non-hydrogen) atoms. The van der Waals surface area contributed by atoms with E-state index in [9.17, 15) is 0 Å². The van der Waals surface area contributed by atoms with Gasteiger partial charge in [-0.3, -0.25) is 4.98 Å². The van der Waals surface area contributed by atoms with Crippen molar-refractivity contribution in [3.8, 4) is 23.0 Å². The first-order chi connectivity index (χ1) is 20.6. The predicted octanol–water partition coefficient (Wildman–Crippen LogP) is 7.06. The molecule has 0 fully saturated rings. The quantitative estimate of drug-likeness (QED) is 0.181. The molecule has 0 radical (unpaired) electrons. The Balaban J connectivity index is 1.31. The molecule has 2 aromatic heterocycles. The van der Waals surface area contributed by atoms with Gasteiger partial charge in [0.1, 0.15) is 28.9 Å². The number of thioether (sulfide) groups is 1. The first-order valence-electron chi connectivity index (χ1n) is 13.3. The molecule has 3 aromatic carbocycles. The highest BCUT2D eigenvalue weighted by atomic mass is 35.5. The van der Waals surface area contributed by atoms with Gasteiger partial charge in [0.15, 0.2) is 5.75 Å². The standard InChI is InChI=1S/C32H28ClN5O3S/c1-39-23-18-27-31(36-19-23)28(13-14-35-27)41-22-10-8-21(9-11-22)38-32(34)25-6-4-3-5-24(25)30(37-38)20-7-12-26(33)29(17-20)40-15-16-42-2/h3-14,17-19,32H,15-16,34H2,1-2H3. The van der Waals surface area contributed by atoms with Gasteiger partial charge in [0.2, 0.25) is 0 Å². The normalized spacial score (nSPS) is 14.3. The van der Waals surface area contributed by atoms with E-state index < -0.39 is 6.17 Å². The van der Waals surface area contributed by atoms with Crippen molar-refractivity contribution in [3.05, 3.63) is 113 Å². The highest BCUT2D eigenvalue weighted by molar-refractivity contribution is 7.98. The van der Waals surface area contributed by atoms with E-state index >= 15 is 0 Å². The summed E-state index contributed by atoms with van der Waals surface area (Å²) in [5, 5.41) is 7.41. The van der Waals surface area contributed by atoms with Crippen LogP contribution in [0.25, 0.3) is 11.0 Å². The van der Waals surface area contributed by atoms with Crippen molar-refractivity contribution >= 4 is 45.8 Å². The molecular weight excluding hydrogens is 570 g/mol. The van der Waals surface area contributed by atoms with E-state index in [2.05, 4.69) is 9.97 Å². The average molecular weight is 598 g/mol. The summed E-state index contributed by atoms with van der Waals surface area (Å²) in [5.41, 5.74) is 12.5. The number of benzene rings is 3. The van der Waals surface area contributed by atoms with Gasteiger partial charge in [0.25, 0.3) is 0 Å². The third kappa shape index (κ3) is 5.59. The topological polar surface area (TPSA) is 95.1 Å². The van der Waals surface area contributed by atoms with Gasteiger partial charge in [-0.1, -0.05) is 41.9 Å². The fourth-order valence-electron chi connectivity index (χ4n) is 4.73. The van der Waals surface area contributed by atoms with Crippen LogP contribution in [-0.4, -0.2) is 41.4 Å². The van der Waals surface area contributed by atoms with E-state index in [0.717, 1.165) is 33.8 Å². The molecule has 1 atom stereocenters. The van der Waals surface area contributed by atoms with Crippen LogP contribution in [0.2, 0.25) is 5.02 Å². The summed E-state index contributed by atoms with van der Waals surface area (Å²) in [6.07, 6.45) is 4.89. The molecule has 0 spiro atoms. The zero-order valence-electron chi connectivity index (χ0n) is 23.0. The third-order valence-electron chi connectivity index (χ3n) is 6.84. The Kier molecular flexibility index (Phi) is 8.14. The molecule has 1 aliphatic heterocycles. The zero-order valence-corrected chi connectivity index (χ0v) is 24.6. The van der Waals surface area contributed by atoms with Crippen LogP contribution in [0.1, 0.15) is 22.9 Å². The smallest absolute Gasteiger partial charge is 0.156 e. The van der Waals surface area contributed by atoms with Crippen molar-refractivity contribution in [1.29, 1.82) is 0 Å². The highest BCUT2D eigenvalue weighted by Crippen LogP contribution is 2.36. The van der Waals surface area contributed by atoms with Crippen LogP contribution in [0, 0.1) is 0 Å². The number of hydrogen-bond acceptors (Lipinski definition) is 9. The maximum atomic E-state index is 6.76. The molecule has 8 nitrogen and oxygen atoms in total. The number of anilines is 1. The van der Waals surface area contributed by atoms with Gasteiger partial charge in [-0.15, -0.1) is 0 Å². The number of ether oxygens (including phenoxy) is 3. The Bertz CT molecular complexity index is 1770. The van der Waals surface area contributed by atoms with Gasteiger partial charge in [-0.05, 0) is 42.7 Å². The maximum absolute atomic E-state index is 6.76. The number of hydrogen-bond donors (Lipinski definition) is 1. The SMILES string of the molecule is COc1cnc2c(Oc3ccc(N4N=C(c5ccc(Cl)c(OCCSC)c5)c5ccccc5C4N)cc3)ccnc2c1. The Hall–Kier alpha value is -4.31. The van der Waals surface area contributed by atoms with E-state index in [1.165, 1.54) is 0 Å². The Morgan fingerprint density at radius 1 is 0.952 bits per heavy atom. The second kappa shape index (κ2) is 12.3. The van der Waals surface area contributed by atoms with E-state index in [4.69, 9.17) is 36.6 Å². The van der Waals surface area contributed by atoms with Gasteiger partial charge in [0, 0.05) is 40.8 Å². The molecule has 212 valence electrons. The number of halogens is 1. The lowest BCUT2D eigenvalue weighted by Gasteiger charge is -2.33. The minimum Gasteiger partial charge on any atom is -0.495 e. The van der Waals surface area contributed by atoms with E-state index in [1.807, 2.05) is 84.1 Å². The van der Waals surface area contributed by atoms with E-state index in [-0.39, 0.29) is 0 Å². The number of methoxy groups -OCH3 is 1. The van der Waals surface area contributed by atoms with Crippen LogP contribution in [0.15, 0.2) is 96.4 Å². The monoisotopic (exact) mass is 597 g/mol. The first kappa shape index (κ1) is 27.8. The van der Waals surface area contributed by atoms with Crippen LogP contribution < -0.4 is 25.0 Å². The molecule has 0 amide bonds. The number of pyridine rings is 2. The minimum absolute atomic E-state index is 0.482. The lowest BCUT2D eigenvalue weighted by molar-refractivity contribution is 0.344. The molecule has 0 saturated carbocycles. The molecule has 3 heterocycles. The fourth-order valence-corrected chi connectivity index (χ4v) is 5.15. The predicted molar refractivity (Wildman–Crippen MR) is 169 cm³/mol. The second-order valence-electron chi connectivity index (χ2n) is 9.46. The van der Waals surface area contributed by atoms with Crippen molar-refractivity contribution in [3.63, 3.8) is 0 Å². The molecule has 6 rings (SSSR count). The van der Waals surface area contributed by atoms with Gasteiger partial charge < -0.3 is 19.9 Å². The number of hydrazone groups is 1. The molecule has 10 heteroatoms. The van der Waals surface area contributed by atoms with Crippen LogP contribution in [0.5, 0.6) is 23.0 Å². The Labute approximate surface area is 253 Å². The average Bonchev–Trinajstić information content (AvgIpc) is 3.03.